The minimum atomic E-state index is -1.36. The van der Waals surface area contributed by atoms with Gasteiger partial charge in [0.2, 0.25) is 5.91 Å². The fraction of sp³-hybridized carbons (Fsp3) is 0.292. The molecule has 0 bridgehead atoms. The largest absolute Gasteiger partial charge is 0.378 e. The van der Waals surface area contributed by atoms with Crippen LogP contribution >= 0.6 is 0 Å². The van der Waals surface area contributed by atoms with Crippen LogP contribution in [0.5, 0.6) is 0 Å². The molecule has 1 amide bonds. The smallest absolute Gasteiger partial charge is 0.219 e. The molecule has 1 atom stereocenters. The van der Waals surface area contributed by atoms with Crippen molar-refractivity contribution in [1.82, 2.24) is 19.8 Å². The first-order valence-corrected chi connectivity index (χ1v) is 10.2. The third kappa shape index (κ3) is 3.84. The lowest BCUT2D eigenvalue weighted by Gasteiger charge is -2.46. The van der Waals surface area contributed by atoms with Crippen LogP contribution in [0.2, 0.25) is 0 Å². The Morgan fingerprint density at radius 1 is 0.900 bits per heavy atom. The van der Waals surface area contributed by atoms with Crippen molar-refractivity contribution in [1.29, 1.82) is 0 Å². The molecule has 3 aromatic rings. The number of nitrogens with zero attached hydrogens (tertiary/aromatic N) is 4. The first-order valence-electron chi connectivity index (χ1n) is 10.2. The molecule has 0 radical (unpaired) electrons. The normalized spacial score (nSPS) is 16.3. The van der Waals surface area contributed by atoms with Gasteiger partial charge in [0.1, 0.15) is 5.60 Å². The van der Waals surface area contributed by atoms with Gasteiger partial charge in [-0.15, -0.1) is 0 Å². The average molecular weight is 402 g/mol. The van der Waals surface area contributed by atoms with Crippen LogP contribution in [0.15, 0.2) is 79.4 Å². The number of hydrogen-bond donors (Lipinski definition) is 1. The predicted octanol–water partition coefficient (Wildman–Crippen LogP) is 2.62. The van der Waals surface area contributed by atoms with Crippen LogP contribution in [0, 0.1) is 0 Å². The minimum Gasteiger partial charge on any atom is -0.378 e. The number of amides is 1. The number of aromatic nitrogens is 2. The number of carbonyl (C=O) groups excluding carboxylic acids is 1. The van der Waals surface area contributed by atoms with E-state index in [0.29, 0.717) is 37.3 Å². The Kier molecular flexibility index (Phi) is 5.88. The second kappa shape index (κ2) is 8.73. The van der Waals surface area contributed by atoms with Gasteiger partial charge in [0.15, 0.2) is 0 Å². The maximum Gasteiger partial charge on any atom is 0.219 e. The molecule has 1 aliphatic heterocycles. The van der Waals surface area contributed by atoms with E-state index in [4.69, 9.17) is 0 Å². The van der Waals surface area contributed by atoms with Crippen LogP contribution in [0.3, 0.4) is 0 Å². The molecular weight excluding hydrogens is 376 g/mol. The van der Waals surface area contributed by atoms with Crippen LogP contribution < -0.4 is 0 Å². The lowest BCUT2D eigenvalue weighted by Crippen LogP contribution is -2.54. The summed E-state index contributed by atoms with van der Waals surface area (Å²) in [5.41, 5.74) is 1.06. The van der Waals surface area contributed by atoms with Crippen molar-refractivity contribution in [3.8, 4) is 0 Å². The molecule has 2 aromatic heterocycles. The lowest BCUT2D eigenvalue weighted by atomic mass is 9.77. The zero-order valence-corrected chi connectivity index (χ0v) is 17.1. The highest BCUT2D eigenvalue weighted by Crippen LogP contribution is 2.44. The van der Waals surface area contributed by atoms with Crippen molar-refractivity contribution in [3.63, 3.8) is 0 Å². The van der Waals surface area contributed by atoms with Crippen molar-refractivity contribution in [3.05, 3.63) is 96.1 Å². The molecule has 1 N–H and O–H groups in total. The van der Waals surface area contributed by atoms with Gasteiger partial charge in [0, 0.05) is 69.0 Å². The van der Waals surface area contributed by atoms with E-state index < -0.39 is 5.60 Å². The number of carbonyl (C=O) groups is 1. The number of aliphatic hydroxyl groups is 1. The van der Waals surface area contributed by atoms with Gasteiger partial charge < -0.3 is 10.0 Å². The molecule has 1 saturated heterocycles. The summed E-state index contributed by atoms with van der Waals surface area (Å²) in [5, 5.41) is 12.4. The summed E-state index contributed by atoms with van der Waals surface area (Å²) in [5.74, 6) is 0.0840. The summed E-state index contributed by atoms with van der Waals surface area (Å²) < 4.78 is 0. The maximum absolute atomic E-state index is 12.4. The monoisotopic (exact) mass is 402 g/mol. The van der Waals surface area contributed by atoms with Crippen LogP contribution in [-0.4, -0.2) is 57.0 Å². The molecule has 4 rings (SSSR count). The first-order chi connectivity index (χ1) is 14.6. The van der Waals surface area contributed by atoms with Crippen molar-refractivity contribution in [2.75, 3.05) is 26.2 Å². The Hall–Kier alpha value is -3.09. The molecule has 154 valence electrons. The van der Waals surface area contributed by atoms with Gasteiger partial charge in [-0.3, -0.25) is 19.7 Å². The van der Waals surface area contributed by atoms with E-state index in [2.05, 4.69) is 14.9 Å². The number of benzene rings is 1. The molecule has 1 aromatic carbocycles. The fourth-order valence-electron chi connectivity index (χ4n) is 4.31. The summed E-state index contributed by atoms with van der Waals surface area (Å²) in [6.45, 7) is 4.21. The second-order valence-electron chi connectivity index (χ2n) is 7.61. The molecule has 0 spiro atoms. The van der Waals surface area contributed by atoms with Crippen molar-refractivity contribution in [2.24, 2.45) is 0 Å². The fourth-order valence-corrected chi connectivity index (χ4v) is 4.31. The highest BCUT2D eigenvalue weighted by Gasteiger charge is 2.45. The Morgan fingerprint density at radius 3 is 1.93 bits per heavy atom. The van der Waals surface area contributed by atoms with E-state index in [1.54, 1.807) is 31.7 Å². The van der Waals surface area contributed by atoms with E-state index in [1.165, 1.54) is 0 Å². The van der Waals surface area contributed by atoms with Crippen molar-refractivity contribution >= 4 is 5.91 Å². The summed E-state index contributed by atoms with van der Waals surface area (Å²) in [6.07, 6.45) is 6.84. The van der Waals surface area contributed by atoms with Gasteiger partial charge in [-0.1, -0.05) is 42.5 Å². The van der Waals surface area contributed by atoms with Gasteiger partial charge in [-0.05, 0) is 17.7 Å². The van der Waals surface area contributed by atoms with Crippen LogP contribution in [0.25, 0.3) is 0 Å². The van der Waals surface area contributed by atoms with Gasteiger partial charge >= 0.3 is 0 Å². The zero-order chi connectivity index (χ0) is 21.0. The number of hydrogen-bond acceptors (Lipinski definition) is 5. The molecule has 0 aliphatic carbocycles. The topological polar surface area (TPSA) is 69.6 Å². The summed E-state index contributed by atoms with van der Waals surface area (Å²) in [6, 6.07) is 17.2. The van der Waals surface area contributed by atoms with E-state index in [1.807, 2.05) is 59.5 Å². The van der Waals surface area contributed by atoms with E-state index in [9.17, 15) is 9.90 Å². The Labute approximate surface area is 176 Å². The second-order valence-corrected chi connectivity index (χ2v) is 7.61. The molecule has 3 heterocycles. The average Bonchev–Trinajstić information content (AvgIpc) is 2.81. The Morgan fingerprint density at radius 2 is 1.47 bits per heavy atom. The third-order valence-corrected chi connectivity index (χ3v) is 5.84. The first kappa shape index (κ1) is 20.2. The molecule has 6 heteroatoms. The zero-order valence-electron chi connectivity index (χ0n) is 17.1. The van der Waals surface area contributed by atoms with E-state index in [-0.39, 0.29) is 11.9 Å². The number of piperazine rings is 1. The quantitative estimate of drug-likeness (QED) is 0.711. The molecule has 1 fully saturated rings. The molecule has 30 heavy (non-hydrogen) atoms. The highest BCUT2D eigenvalue weighted by atomic mass is 16.3. The third-order valence-electron chi connectivity index (χ3n) is 5.84. The SMILES string of the molecule is CC(=O)N1CCN(C(c2ccccc2)C(O)(c2cccnc2)c2cccnc2)CC1. The van der Waals surface area contributed by atoms with E-state index in [0.717, 1.165) is 5.56 Å². The predicted molar refractivity (Wildman–Crippen MR) is 114 cm³/mol. The molecule has 0 saturated carbocycles. The van der Waals surface area contributed by atoms with Crippen molar-refractivity contribution in [2.45, 2.75) is 18.6 Å². The van der Waals surface area contributed by atoms with Crippen LogP contribution in [0.4, 0.5) is 0 Å². The molecule has 6 nitrogen and oxygen atoms in total. The highest BCUT2D eigenvalue weighted by molar-refractivity contribution is 5.73. The Balaban J connectivity index is 1.84. The van der Waals surface area contributed by atoms with Gasteiger partial charge in [-0.25, -0.2) is 0 Å². The maximum atomic E-state index is 12.4. The summed E-state index contributed by atoms with van der Waals surface area (Å²) >= 11 is 0. The lowest BCUT2D eigenvalue weighted by molar-refractivity contribution is -0.131. The molecule has 1 unspecified atom stereocenters. The van der Waals surface area contributed by atoms with Crippen LogP contribution in [-0.2, 0) is 10.4 Å². The summed E-state index contributed by atoms with van der Waals surface area (Å²) in [4.78, 5) is 24.5. The van der Waals surface area contributed by atoms with Crippen molar-refractivity contribution < 1.29 is 9.90 Å². The molecule has 1 aliphatic rings. The number of pyridine rings is 2. The number of rotatable bonds is 5. The minimum absolute atomic E-state index is 0.0840. The Bertz CT molecular complexity index is 919. The van der Waals surface area contributed by atoms with Gasteiger partial charge in [0.25, 0.3) is 0 Å². The van der Waals surface area contributed by atoms with Gasteiger partial charge in [0.05, 0.1) is 6.04 Å². The van der Waals surface area contributed by atoms with Crippen LogP contribution in [0.1, 0.15) is 29.7 Å². The van der Waals surface area contributed by atoms with Gasteiger partial charge in [-0.2, -0.15) is 0 Å². The summed E-state index contributed by atoms with van der Waals surface area (Å²) in [7, 11) is 0. The van der Waals surface area contributed by atoms with E-state index >= 15 is 0 Å². The molecular formula is C24H26N4O2. The standard InChI is InChI=1S/C24H26N4O2/c1-19(29)27-13-15-28(16-14-27)23(20-7-3-2-4-8-20)24(30,21-9-5-11-25-17-21)22-10-6-12-26-18-22/h2-12,17-18,23,30H,13-16H2,1H3.